The number of anilines is 1. The van der Waals surface area contributed by atoms with Crippen molar-refractivity contribution in [2.24, 2.45) is 5.92 Å². The van der Waals surface area contributed by atoms with Crippen LogP contribution >= 0.6 is 0 Å². The molecule has 1 rings (SSSR count). The number of carbonyl (C=O) groups excluding carboxylic acids is 1. The average molecular weight is 236 g/mol. The normalized spacial score (nSPS) is 12.0. The second-order valence-corrected chi connectivity index (χ2v) is 4.03. The van der Waals surface area contributed by atoms with Crippen LogP contribution in [0, 0.1) is 5.92 Å². The number of ether oxygens (including phenoxy) is 1. The fraction of sp³-hybridized carbons (Fsp3) is 0.462. The Morgan fingerprint density at radius 1 is 1.47 bits per heavy atom. The fourth-order valence-corrected chi connectivity index (χ4v) is 1.75. The summed E-state index contributed by atoms with van der Waals surface area (Å²) in [7, 11) is 5.22. The van der Waals surface area contributed by atoms with Crippen LogP contribution in [-0.4, -0.2) is 33.7 Å². The Morgan fingerprint density at radius 2 is 2.12 bits per heavy atom. The Labute approximate surface area is 103 Å². The molecule has 0 aliphatic rings. The SMILES string of the molecule is CNCC(C)C(=O)N(C)c1ccccc1OC. The molecule has 1 aromatic rings. The van der Waals surface area contributed by atoms with Crippen LogP contribution in [0.2, 0.25) is 0 Å². The van der Waals surface area contributed by atoms with Crippen molar-refractivity contribution in [3.05, 3.63) is 24.3 Å². The molecule has 0 fully saturated rings. The highest BCUT2D eigenvalue weighted by molar-refractivity contribution is 5.95. The maximum atomic E-state index is 12.1. The molecule has 0 spiro atoms. The molecule has 0 heterocycles. The molecule has 17 heavy (non-hydrogen) atoms. The van der Waals surface area contributed by atoms with E-state index < -0.39 is 0 Å². The van der Waals surface area contributed by atoms with E-state index in [-0.39, 0.29) is 11.8 Å². The first-order chi connectivity index (χ1) is 8.11. The van der Waals surface area contributed by atoms with Crippen molar-refractivity contribution in [1.82, 2.24) is 5.32 Å². The number of rotatable bonds is 5. The van der Waals surface area contributed by atoms with Gasteiger partial charge >= 0.3 is 0 Å². The van der Waals surface area contributed by atoms with Gasteiger partial charge in [-0.3, -0.25) is 4.79 Å². The minimum atomic E-state index is -0.0603. The first-order valence-electron chi connectivity index (χ1n) is 5.67. The van der Waals surface area contributed by atoms with Crippen LogP contribution in [0.1, 0.15) is 6.92 Å². The molecule has 0 saturated carbocycles. The predicted octanol–water partition coefficient (Wildman–Crippen LogP) is 1.51. The molecular weight excluding hydrogens is 216 g/mol. The zero-order valence-corrected chi connectivity index (χ0v) is 10.9. The third-order valence-electron chi connectivity index (χ3n) is 2.71. The van der Waals surface area contributed by atoms with Gasteiger partial charge in [0.15, 0.2) is 0 Å². The molecule has 4 nitrogen and oxygen atoms in total. The maximum absolute atomic E-state index is 12.1. The lowest BCUT2D eigenvalue weighted by Crippen LogP contribution is -2.36. The van der Waals surface area contributed by atoms with Crippen LogP contribution in [-0.2, 0) is 4.79 Å². The van der Waals surface area contributed by atoms with Crippen LogP contribution in [0.4, 0.5) is 5.69 Å². The number of hydrogen-bond donors (Lipinski definition) is 1. The maximum Gasteiger partial charge on any atom is 0.230 e. The lowest BCUT2D eigenvalue weighted by molar-refractivity contribution is -0.121. The molecule has 0 aromatic heterocycles. The smallest absolute Gasteiger partial charge is 0.230 e. The Balaban J connectivity index is 2.88. The Morgan fingerprint density at radius 3 is 2.71 bits per heavy atom. The topological polar surface area (TPSA) is 41.6 Å². The lowest BCUT2D eigenvalue weighted by atomic mass is 10.1. The minimum absolute atomic E-state index is 0.0603. The highest BCUT2D eigenvalue weighted by atomic mass is 16.5. The largest absolute Gasteiger partial charge is 0.495 e. The highest BCUT2D eigenvalue weighted by Crippen LogP contribution is 2.27. The summed E-state index contributed by atoms with van der Waals surface area (Å²) in [6.07, 6.45) is 0. The summed E-state index contributed by atoms with van der Waals surface area (Å²) >= 11 is 0. The first-order valence-corrected chi connectivity index (χ1v) is 5.67. The molecule has 0 aliphatic carbocycles. The average Bonchev–Trinajstić information content (AvgIpc) is 2.37. The zero-order valence-electron chi connectivity index (χ0n) is 10.9. The van der Waals surface area contributed by atoms with Gasteiger partial charge in [0.25, 0.3) is 0 Å². The van der Waals surface area contributed by atoms with Gasteiger partial charge in [0.2, 0.25) is 5.91 Å². The van der Waals surface area contributed by atoms with E-state index in [1.165, 1.54) is 0 Å². The second-order valence-electron chi connectivity index (χ2n) is 4.03. The van der Waals surface area contributed by atoms with Gasteiger partial charge in [0.1, 0.15) is 5.75 Å². The summed E-state index contributed by atoms with van der Waals surface area (Å²) in [5, 5.41) is 3.00. The van der Waals surface area contributed by atoms with Crippen LogP contribution in [0.5, 0.6) is 5.75 Å². The van der Waals surface area contributed by atoms with Crippen LogP contribution in [0.15, 0.2) is 24.3 Å². The monoisotopic (exact) mass is 236 g/mol. The summed E-state index contributed by atoms with van der Waals surface area (Å²) in [6, 6.07) is 7.51. The van der Waals surface area contributed by atoms with E-state index >= 15 is 0 Å². The summed E-state index contributed by atoms with van der Waals surface area (Å²) < 4.78 is 5.25. The molecule has 1 atom stereocenters. The van der Waals surface area contributed by atoms with Crippen molar-refractivity contribution in [2.45, 2.75) is 6.92 Å². The van der Waals surface area contributed by atoms with E-state index in [0.717, 1.165) is 5.69 Å². The van der Waals surface area contributed by atoms with Gasteiger partial charge in [-0.2, -0.15) is 0 Å². The van der Waals surface area contributed by atoms with Gasteiger partial charge in [-0.25, -0.2) is 0 Å². The van der Waals surface area contributed by atoms with Gasteiger partial charge in [-0.1, -0.05) is 19.1 Å². The molecule has 4 heteroatoms. The van der Waals surface area contributed by atoms with Crippen molar-refractivity contribution in [3.8, 4) is 5.75 Å². The Bertz CT molecular complexity index is 379. The van der Waals surface area contributed by atoms with E-state index in [0.29, 0.717) is 12.3 Å². The zero-order chi connectivity index (χ0) is 12.8. The van der Waals surface area contributed by atoms with Gasteiger partial charge in [0.05, 0.1) is 12.8 Å². The number of nitrogens with one attached hydrogen (secondary N) is 1. The predicted molar refractivity (Wildman–Crippen MR) is 69.5 cm³/mol. The Hall–Kier alpha value is -1.55. The van der Waals surface area contributed by atoms with Crippen molar-refractivity contribution >= 4 is 11.6 Å². The molecule has 1 aromatic carbocycles. The first kappa shape index (κ1) is 13.5. The summed E-state index contributed by atoms with van der Waals surface area (Å²) in [5.41, 5.74) is 0.794. The van der Waals surface area contributed by atoms with Crippen molar-refractivity contribution < 1.29 is 9.53 Å². The standard InChI is InChI=1S/C13H20N2O2/c1-10(9-14-2)13(16)15(3)11-7-5-6-8-12(11)17-4/h5-8,10,14H,9H2,1-4H3. The number of hydrogen-bond acceptors (Lipinski definition) is 3. The molecule has 0 bridgehead atoms. The molecular formula is C13H20N2O2. The van der Waals surface area contributed by atoms with Gasteiger partial charge < -0.3 is 15.0 Å². The molecule has 1 unspecified atom stereocenters. The van der Waals surface area contributed by atoms with Crippen LogP contribution in [0.3, 0.4) is 0 Å². The third kappa shape index (κ3) is 3.20. The summed E-state index contributed by atoms with van der Waals surface area (Å²) in [5.74, 6) is 0.721. The summed E-state index contributed by atoms with van der Waals surface area (Å²) in [6.45, 7) is 2.57. The van der Waals surface area contributed by atoms with Crippen molar-refractivity contribution in [3.63, 3.8) is 0 Å². The number of benzene rings is 1. The molecule has 0 saturated heterocycles. The number of carbonyl (C=O) groups is 1. The van der Waals surface area contributed by atoms with E-state index in [1.807, 2.05) is 38.2 Å². The van der Waals surface area contributed by atoms with Crippen LogP contribution in [0.25, 0.3) is 0 Å². The molecule has 1 amide bonds. The number of para-hydroxylation sites is 2. The summed E-state index contributed by atoms with van der Waals surface area (Å²) in [4.78, 5) is 13.8. The van der Waals surface area contributed by atoms with Gasteiger partial charge in [0, 0.05) is 19.5 Å². The fourth-order valence-electron chi connectivity index (χ4n) is 1.75. The molecule has 0 aliphatic heterocycles. The van der Waals surface area contributed by atoms with E-state index in [4.69, 9.17) is 4.74 Å². The van der Waals surface area contributed by atoms with Gasteiger partial charge in [-0.15, -0.1) is 0 Å². The highest BCUT2D eigenvalue weighted by Gasteiger charge is 2.20. The number of amides is 1. The van der Waals surface area contributed by atoms with E-state index in [2.05, 4.69) is 5.32 Å². The lowest BCUT2D eigenvalue weighted by Gasteiger charge is -2.23. The number of nitrogens with zero attached hydrogens (tertiary/aromatic N) is 1. The quantitative estimate of drug-likeness (QED) is 0.842. The third-order valence-corrected chi connectivity index (χ3v) is 2.71. The minimum Gasteiger partial charge on any atom is -0.495 e. The van der Waals surface area contributed by atoms with Gasteiger partial charge in [-0.05, 0) is 19.2 Å². The van der Waals surface area contributed by atoms with Crippen LogP contribution < -0.4 is 15.0 Å². The van der Waals surface area contributed by atoms with E-state index in [1.54, 1.807) is 19.1 Å². The molecule has 1 N–H and O–H groups in total. The Kier molecular flexibility index (Phi) is 4.97. The van der Waals surface area contributed by atoms with Crippen molar-refractivity contribution in [2.75, 3.05) is 32.6 Å². The second kappa shape index (κ2) is 6.25. The van der Waals surface area contributed by atoms with E-state index in [9.17, 15) is 4.79 Å². The van der Waals surface area contributed by atoms with Crippen molar-refractivity contribution in [1.29, 1.82) is 0 Å². The molecule has 0 radical (unpaired) electrons. The molecule has 94 valence electrons. The number of methoxy groups -OCH3 is 1.